The molecule has 0 aromatic heterocycles. The molecule has 0 saturated heterocycles. The monoisotopic (exact) mass is 226 g/mol. The maximum absolute atomic E-state index is 11.3. The molecule has 1 atom stereocenters. The van der Waals surface area contributed by atoms with Gasteiger partial charge in [-0.3, -0.25) is 0 Å². The molecule has 1 rings (SSSR count). The first-order valence-electron chi connectivity index (χ1n) is 5.13. The van der Waals surface area contributed by atoms with Crippen molar-refractivity contribution in [1.82, 2.24) is 0 Å². The maximum Gasteiger partial charge on any atom is 0.148 e. The van der Waals surface area contributed by atoms with Crippen LogP contribution in [-0.2, 0) is 9.84 Å². The summed E-state index contributed by atoms with van der Waals surface area (Å²) in [6.07, 6.45) is 1.30. The zero-order valence-corrected chi connectivity index (χ0v) is 10.3. The van der Waals surface area contributed by atoms with Gasteiger partial charge < -0.3 is 0 Å². The van der Waals surface area contributed by atoms with Gasteiger partial charge in [-0.1, -0.05) is 44.2 Å². The molecular weight excluding hydrogens is 208 g/mol. The molecule has 2 nitrogen and oxygen atoms in total. The number of hydrogen-bond donors (Lipinski definition) is 0. The van der Waals surface area contributed by atoms with Crippen molar-refractivity contribution in [2.45, 2.75) is 19.8 Å². The second kappa shape index (κ2) is 4.79. The summed E-state index contributed by atoms with van der Waals surface area (Å²) in [4.78, 5) is 0. The van der Waals surface area contributed by atoms with Crippen LogP contribution in [0.3, 0.4) is 0 Å². The van der Waals surface area contributed by atoms with Gasteiger partial charge in [0.15, 0.2) is 0 Å². The first-order valence-corrected chi connectivity index (χ1v) is 7.19. The Hall–Kier alpha value is -0.830. The van der Waals surface area contributed by atoms with Gasteiger partial charge in [0, 0.05) is 12.2 Å². The van der Waals surface area contributed by atoms with Crippen molar-refractivity contribution in [1.29, 1.82) is 0 Å². The predicted octanol–water partition coefficient (Wildman–Crippen LogP) is 2.47. The summed E-state index contributed by atoms with van der Waals surface area (Å²) in [5.74, 6) is 0.664. The average molecular weight is 226 g/mol. The Bertz CT molecular complexity index is 393. The summed E-state index contributed by atoms with van der Waals surface area (Å²) in [5, 5.41) is 0. The normalized spacial score (nSPS) is 14.1. The van der Waals surface area contributed by atoms with Crippen LogP contribution >= 0.6 is 0 Å². The SMILES string of the molecule is CC(C)C(CS(C)(=O)=O)c1ccccc1. The third kappa shape index (κ3) is 4.04. The summed E-state index contributed by atoms with van der Waals surface area (Å²) >= 11 is 0. The van der Waals surface area contributed by atoms with E-state index in [9.17, 15) is 8.42 Å². The molecule has 1 aromatic rings. The fraction of sp³-hybridized carbons (Fsp3) is 0.500. The zero-order chi connectivity index (χ0) is 11.5. The molecular formula is C12H18O2S. The van der Waals surface area contributed by atoms with Gasteiger partial charge in [-0.25, -0.2) is 8.42 Å². The number of sulfone groups is 1. The van der Waals surface area contributed by atoms with Gasteiger partial charge >= 0.3 is 0 Å². The van der Waals surface area contributed by atoms with Crippen LogP contribution in [0.4, 0.5) is 0 Å². The van der Waals surface area contributed by atoms with E-state index in [1.807, 2.05) is 30.3 Å². The van der Waals surface area contributed by atoms with Crippen LogP contribution in [0.2, 0.25) is 0 Å². The van der Waals surface area contributed by atoms with Crippen LogP contribution in [0, 0.1) is 5.92 Å². The molecule has 0 aliphatic rings. The first-order chi connectivity index (χ1) is 6.90. The summed E-state index contributed by atoms with van der Waals surface area (Å²) < 4.78 is 22.6. The highest BCUT2D eigenvalue weighted by Crippen LogP contribution is 2.25. The van der Waals surface area contributed by atoms with Crippen molar-refractivity contribution in [3.8, 4) is 0 Å². The molecule has 1 aromatic carbocycles. The summed E-state index contributed by atoms with van der Waals surface area (Å²) in [7, 11) is -2.92. The van der Waals surface area contributed by atoms with Crippen LogP contribution in [-0.4, -0.2) is 20.4 Å². The lowest BCUT2D eigenvalue weighted by Crippen LogP contribution is -2.18. The molecule has 0 spiro atoms. The quantitative estimate of drug-likeness (QED) is 0.790. The number of hydrogen-bond acceptors (Lipinski definition) is 2. The molecule has 15 heavy (non-hydrogen) atoms. The second-order valence-electron chi connectivity index (χ2n) is 4.35. The van der Waals surface area contributed by atoms with E-state index in [1.165, 1.54) is 6.26 Å². The minimum absolute atomic E-state index is 0.0983. The molecule has 0 aliphatic carbocycles. The topological polar surface area (TPSA) is 34.1 Å². The first kappa shape index (κ1) is 12.2. The molecule has 0 radical (unpaired) electrons. The maximum atomic E-state index is 11.3. The third-order valence-corrected chi connectivity index (χ3v) is 3.48. The van der Waals surface area contributed by atoms with E-state index < -0.39 is 9.84 Å². The van der Waals surface area contributed by atoms with Gasteiger partial charge in [0.1, 0.15) is 9.84 Å². The molecule has 84 valence electrons. The lowest BCUT2D eigenvalue weighted by Gasteiger charge is -2.20. The van der Waals surface area contributed by atoms with Crippen molar-refractivity contribution >= 4 is 9.84 Å². The molecule has 0 fully saturated rings. The minimum atomic E-state index is -2.92. The van der Waals surface area contributed by atoms with E-state index in [0.717, 1.165) is 5.56 Å². The van der Waals surface area contributed by atoms with Crippen LogP contribution in [0.5, 0.6) is 0 Å². The number of rotatable bonds is 4. The van der Waals surface area contributed by atoms with Crippen LogP contribution < -0.4 is 0 Å². The molecule has 1 unspecified atom stereocenters. The van der Waals surface area contributed by atoms with Crippen LogP contribution in [0.25, 0.3) is 0 Å². The smallest absolute Gasteiger partial charge is 0.148 e. The Morgan fingerprint density at radius 3 is 2.07 bits per heavy atom. The number of benzene rings is 1. The van der Waals surface area contributed by atoms with E-state index in [4.69, 9.17) is 0 Å². The van der Waals surface area contributed by atoms with Crippen molar-refractivity contribution in [2.75, 3.05) is 12.0 Å². The molecule has 0 saturated carbocycles. The van der Waals surface area contributed by atoms with Crippen LogP contribution in [0.15, 0.2) is 30.3 Å². The van der Waals surface area contributed by atoms with Crippen molar-refractivity contribution in [2.24, 2.45) is 5.92 Å². The minimum Gasteiger partial charge on any atom is -0.229 e. The Balaban J connectivity index is 2.95. The average Bonchev–Trinajstić information content (AvgIpc) is 2.14. The van der Waals surface area contributed by atoms with E-state index in [1.54, 1.807) is 0 Å². The Morgan fingerprint density at radius 2 is 1.67 bits per heavy atom. The van der Waals surface area contributed by atoms with Crippen molar-refractivity contribution < 1.29 is 8.42 Å². The van der Waals surface area contributed by atoms with Gasteiger partial charge in [0.05, 0.1) is 5.75 Å². The Kier molecular flexibility index (Phi) is 3.91. The predicted molar refractivity (Wildman–Crippen MR) is 63.7 cm³/mol. The molecule has 0 heterocycles. The Morgan fingerprint density at radius 1 is 1.13 bits per heavy atom. The molecule has 0 bridgehead atoms. The van der Waals surface area contributed by atoms with E-state index in [-0.39, 0.29) is 11.7 Å². The highest BCUT2D eigenvalue weighted by atomic mass is 32.2. The van der Waals surface area contributed by atoms with Gasteiger partial charge in [-0.15, -0.1) is 0 Å². The largest absolute Gasteiger partial charge is 0.229 e. The fourth-order valence-electron chi connectivity index (χ4n) is 1.70. The van der Waals surface area contributed by atoms with E-state index >= 15 is 0 Å². The van der Waals surface area contributed by atoms with Gasteiger partial charge in [-0.2, -0.15) is 0 Å². The zero-order valence-electron chi connectivity index (χ0n) is 9.47. The van der Waals surface area contributed by atoms with Gasteiger partial charge in [0.2, 0.25) is 0 Å². The lowest BCUT2D eigenvalue weighted by atomic mass is 9.90. The molecule has 0 aliphatic heterocycles. The summed E-state index contributed by atoms with van der Waals surface area (Å²) in [6.45, 7) is 4.12. The summed E-state index contributed by atoms with van der Waals surface area (Å²) in [6, 6.07) is 9.84. The highest BCUT2D eigenvalue weighted by Gasteiger charge is 2.20. The van der Waals surface area contributed by atoms with E-state index in [0.29, 0.717) is 5.92 Å². The molecule has 0 amide bonds. The lowest BCUT2D eigenvalue weighted by molar-refractivity contribution is 0.522. The van der Waals surface area contributed by atoms with Crippen LogP contribution in [0.1, 0.15) is 25.3 Å². The van der Waals surface area contributed by atoms with Crippen molar-refractivity contribution in [3.63, 3.8) is 0 Å². The van der Waals surface area contributed by atoms with Gasteiger partial charge in [-0.05, 0) is 11.5 Å². The standard InChI is InChI=1S/C12H18O2S/c1-10(2)12(9-15(3,13)14)11-7-5-4-6-8-11/h4-8,10,12H,9H2,1-3H3. The second-order valence-corrected chi connectivity index (χ2v) is 6.54. The van der Waals surface area contributed by atoms with Gasteiger partial charge in [0.25, 0.3) is 0 Å². The molecule has 0 N–H and O–H groups in total. The van der Waals surface area contributed by atoms with Crippen molar-refractivity contribution in [3.05, 3.63) is 35.9 Å². The summed E-state index contributed by atoms with van der Waals surface area (Å²) in [5.41, 5.74) is 1.11. The molecule has 3 heteroatoms. The fourth-order valence-corrected chi connectivity index (χ4v) is 2.93. The third-order valence-electron chi connectivity index (χ3n) is 2.51. The Labute approximate surface area is 92.2 Å². The highest BCUT2D eigenvalue weighted by molar-refractivity contribution is 7.90. The van der Waals surface area contributed by atoms with E-state index in [2.05, 4.69) is 13.8 Å².